The number of hydrogen-bond acceptors (Lipinski definition) is 1. The topological polar surface area (TPSA) is 9.23 Å². The molecule has 0 radical (unpaired) electrons. The summed E-state index contributed by atoms with van der Waals surface area (Å²) in [5.41, 5.74) is 0. The molecule has 0 unspecified atom stereocenters. The third-order valence-corrected chi connectivity index (χ3v) is 1.19. The van der Waals surface area contributed by atoms with E-state index in [-0.39, 0.29) is 0 Å². The van der Waals surface area contributed by atoms with Crippen LogP contribution in [0, 0.1) is 11.8 Å². The van der Waals surface area contributed by atoms with Crippen LogP contribution in [0.4, 0.5) is 0 Å². The molecule has 0 aliphatic heterocycles. The normalized spacial score (nSPS) is 12.2. The summed E-state index contributed by atoms with van der Waals surface area (Å²) < 4.78 is 5.36. The summed E-state index contributed by atoms with van der Waals surface area (Å²) in [6, 6.07) is 0. The van der Waals surface area contributed by atoms with Crippen LogP contribution in [0.1, 0.15) is 27.7 Å². The van der Waals surface area contributed by atoms with Crippen molar-refractivity contribution in [1.29, 1.82) is 0 Å². The molecule has 11 heavy (non-hydrogen) atoms. The van der Waals surface area contributed by atoms with E-state index in [0.29, 0.717) is 11.8 Å². The fourth-order valence-corrected chi connectivity index (χ4v) is 0.700. The molecule has 0 aliphatic carbocycles. The third kappa shape index (κ3) is 9.70. The summed E-state index contributed by atoms with van der Waals surface area (Å²) in [5.74, 6) is 1.28. The van der Waals surface area contributed by atoms with E-state index in [9.17, 15) is 0 Å². The standard InChI is InChI=1S/C10H20O/c1-9(2)6-5-7-11-8-10(3)4/h5-6,9-10H,7-8H2,1-4H3/b6-5+. The summed E-state index contributed by atoms with van der Waals surface area (Å²) in [4.78, 5) is 0. The molecule has 0 heterocycles. The van der Waals surface area contributed by atoms with Gasteiger partial charge < -0.3 is 4.74 Å². The zero-order chi connectivity index (χ0) is 8.69. The first-order valence-electron chi connectivity index (χ1n) is 4.37. The molecule has 0 saturated carbocycles. The highest BCUT2D eigenvalue weighted by molar-refractivity contribution is 4.83. The highest BCUT2D eigenvalue weighted by Crippen LogP contribution is 1.95. The average Bonchev–Trinajstić information content (AvgIpc) is 1.85. The summed E-state index contributed by atoms with van der Waals surface area (Å²) in [5, 5.41) is 0. The van der Waals surface area contributed by atoms with Crippen molar-refractivity contribution in [3.63, 3.8) is 0 Å². The Morgan fingerprint density at radius 3 is 2.27 bits per heavy atom. The van der Waals surface area contributed by atoms with Gasteiger partial charge in [-0.15, -0.1) is 0 Å². The van der Waals surface area contributed by atoms with Crippen molar-refractivity contribution in [2.45, 2.75) is 27.7 Å². The van der Waals surface area contributed by atoms with Crippen molar-refractivity contribution in [3.05, 3.63) is 12.2 Å². The first-order valence-corrected chi connectivity index (χ1v) is 4.37. The summed E-state index contributed by atoms with van der Waals surface area (Å²) >= 11 is 0. The van der Waals surface area contributed by atoms with Crippen LogP contribution in [-0.4, -0.2) is 13.2 Å². The number of ether oxygens (including phenoxy) is 1. The van der Waals surface area contributed by atoms with Gasteiger partial charge in [-0.1, -0.05) is 39.8 Å². The Morgan fingerprint density at radius 1 is 1.18 bits per heavy atom. The van der Waals surface area contributed by atoms with Crippen LogP contribution in [0.15, 0.2) is 12.2 Å². The molecule has 0 aromatic carbocycles. The predicted octanol–water partition coefficient (Wildman–Crippen LogP) is 2.87. The van der Waals surface area contributed by atoms with E-state index < -0.39 is 0 Å². The molecule has 0 aromatic rings. The molecular formula is C10H20O. The highest BCUT2D eigenvalue weighted by Gasteiger charge is 1.90. The molecule has 0 aliphatic rings. The molecule has 1 heteroatoms. The lowest BCUT2D eigenvalue weighted by molar-refractivity contribution is 0.134. The van der Waals surface area contributed by atoms with E-state index in [0.717, 1.165) is 13.2 Å². The van der Waals surface area contributed by atoms with Gasteiger partial charge in [-0.05, 0) is 11.8 Å². The minimum absolute atomic E-state index is 0.637. The van der Waals surface area contributed by atoms with Crippen molar-refractivity contribution in [3.8, 4) is 0 Å². The summed E-state index contributed by atoms with van der Waals surface area (Å²) in [6.07, 6.45) is 4.26. The van der Waals surface area contributed by atoms with Crippen molar-refractivity contribution >= 4 is 0 Å². The number of rotatable bonds is 5. The van der Waals surface area contributed by atoms with Crippen LogP contribution in [0.2, 0.25) is 0 Å². The third-order valence-electron chi connectivity index (χ3n) is 1.19. The Labute approximate surface area is 70.4 Å². The molecule has 0 rings (SSSR count). The van der Waals surface area contributed by atoms with E-state index >= 15 is 0 Å². The zero-order valence-electron chi connectivity index (χ0n) is 8.13. The van der Waals surface area contributed by atoms with Gasteiger partial charge in [-0.3, -0.25) is 0 Å². The monoisotopic (exact) mass is 156 g/mol. The minimum atomic E-state index is 0.637. The van der Waals surface area contributed by atoms with Crippen LogP contribution < -0.4 is 0 Å². The number of allylic oxidation sites excluding steroid dienone is 1. The molecule has 66 valence electrons. The Kier molecular flexibility index (Phi) is 6.24. The molecule has 0 bridgehead atoms. The quantitative estimate of drug-likeness (QED) is 0.439. The Hall–Kier alpha value is -0.300. The maximum absolute atomic E-state index is 5.36. The SMILES string of the molecule is CC(C)/C=C/COCC(C)C. The van der Waals surface area contributed by atoms with Gasteiger partial charge in [-0.2, -0.15) is 0 Å². The lowest BCUT2D eigenvalue weighted by Gasteiger charge is -2.03. The lowest BCUT2D eigenvalue weighted by atomic mass is 10.2. The second kappa shape index (κ2) is 6.41. The van der Waals surface area contributed by atoms with Crippen molar-refractivity contribution in [2.75, 3.05) is 13.2 Å². The second-order valence-electron chi connectivity index (χ2n) is 3.60. The summed E-state index contributed by atoms with van der Waals surface area (Å²) in [7, 11) is 0. The largest absolute Gasteiger partial charge is 0.377 e. The molecule has 0 N–H and O–H groups in total. The van der Waals surface area contributed by atoms with Crippen LogP contribution in [0.3, 0.4) is 0 Å². The fraction of sp³-hybridized carbons (Fsp3) is 0.800. The predicted molar refractivity (Wildman–Crippen MR) is 49.6 cm³/mol. The minimum Gasteiger partial charge on any atom is -0.377 e. The van der Waals surface area contributed by atoms with Gasteiger partial charge in [0.2, 0.25) is 0 Å². The van der Waals surface area contributed by atoms with E-state index in [2.05, 4.69) is 39.8 Å². The molecule has 0 saturated heterocycles. The Balaban J connectivity index is 3.14. The van der Waals surface area contributed by atoms with Gasteiger partial charge in [0.1, 0.15) is 0 Å². The molecular weight excluding hydrogens is 136 g/mol. The molecule has 0 aromatic heterocycles. The smallest absolute Gasteiger partial charge is 0.0647 e. The molecule has 0 amide bonds. The Bertz CT molecular complexity index is 103. The highest BCUT2D eigenvalue weighted by atomic mass is 16.5. The first-order chi connectivity index (χ1) is 5.13. The van der Waals surface area contributed by atoms with Crippen molar-refractivity contribution < 1.29 is 4.74 Å². The molecule has 1 nitrogen and oxygen atoms in total. The second-order valence-corrected chi connectivity index (χ2v) is 3.60. The Morgan fingerprint density at radius 2 is 1.82 bits per heavy atom. The van der Waals surface area contributed by atoms with Crippen LogP contribution in [0.25, 0.3) is 0 Å². The van der Waals surface area contributed by atoms with E-state index in [4.69, 9.17) is 4.74 Å². The van der Waals surface area contributed by atoms with E-state index in [1.54, 1.807) is 0 Å². The zero-order valence-corrected chi connectivity index (χ0v) is 8.13. The van der Waals surface area contributed by atoms with Crippen LogP contribution >= 0.6 is 0 Å². The van der Waals surface area contributed by atoms with Crippen molar-refractivity contribution in [2.24, 2.45) is 11.8 Å². The summed E-state index contributed by atoms with van der Waals surface area (Å²) in [6.45, 7) is 10.3. The average molecular weight is 156 g/mol. The molecule has 0 atom stereocenters. The van der Waals surface area contributed by atoms with Crippen molar-refractivity contribution in [1.82, 2.24) is 0 Å². The first kappa shape index (κ1) is 10.7. The van der Waals surface area contributed by atoms with E-state index in [1.165, 1.54) is 0 Å². The van der Waals surface area contributed by atoms with Gasteiger partial charge in [0.05, 0.1) is 6.61 Å². The van der Waals surface area contributed by atoms with Gasteiger partial charge in [0.15, 0.2) is 0 Å². The van der Waals surface area contributed by atoms with E-state index in [1.807, 2.05) is 0 Å². The maximum Gasteiger partial charge on any atom is 0.0647 e. The molecule has 0 fully saturated rings. The molecule has 0 spiro atoms. The van der Waals surface area contributed by atoms with Crippen LogP contribution in [0.5, 0.6) is 0 Å². The number of hydrogen-bond donors (Lipinski definition) is 0. The van der Waals surface area contributed by atoms with Gasteiger partial charge in [0.25, 0.3) is 0 Å². The maximum atomic E-state index is 5.36. The van der Waals surface area contributed by atoms with Crippen LogP contribution in [-0.2, 0) is 4.74 Å². The van der Waals surface area contributed by atoms with Gasteiger partial charge >= 0.3 is 0 Å². The van der Waals surface area contributed by atoms with Gasteiger partial charge in [0, 0.05) is 6.61 Å². The lowest BCUT2D eigenvalue weighted by Crippen LogP contribution is -2.01. The fourth-order valence-electron chi connectivity index (χ4n) is 0.700. The van der Waals surface area contributed by atoms with Gasteiger partial charge in [-0.25, -0.2) is 0 Å².